The summed E-state index contributed by atoms with van der Waals surface area (Å²) in [5, 5.41) is 3.42. The van der Waals surface area contributed by atoms with Gasteiger partial charge < -0.3 is 5.32 Å². The second kappa shape index (κ2) is 3.35. The van der Waals surface area contributed by atoms with Crippen LogP contribution < -0.4 is 5.32 Å². The van der Waals surface area contributed by atoms with E-state index in [-0.39, 0.29) is 0 Å². The lowest BCUT2D eigenvalue weighted by atomic mass is 10.1. The largest absolute Gasteiger partial charge is 0.314 e. The number of hydrogen-bond donors (Lipinski definition) is 1. The summed E-state index contributed by atoms with van der Waals surface area (Å²) in [4.78, 5) is 2.47. The van der Waals surface area contributed by atoms with E-state index in [1.54, 1.807) is 0 Å². The highest BCUT2D eigenvalue weighted by molar-refractivity contribution is 4.81. The van der Waals surface area contributed by atoms with Crippen LogP contribution in [0.25, 0.3) is 0 Å². The second-order valence-corrected chi connectivity index (χ2v) is 3.23. The molecule has 2 heteroatoms. The Labute approximate surface area is 63.6 Å². The molecule has 1 fully saturated rings. The standard InChI is InChI=1S/C8H18N2/c1-4-8-6-9-5-7(2)10(8)3/h7-9H,4-6H2,1-3H3/t7-,8?/m1/s1. The van der Waals surface area contributed by atoms with Crippen LogP contribution in [0, 0.1) is 0 Å². The first kappa shape index (κ1) is 8.02. The zero-order valence-corrected chi connectivity index (χ0v) is 7.22. The van der Waals surface area contributed by atoms with E-state index >= 15 is 0 Å². The first-order valence-corrected chi connectivity index (χ1v) is 4.18. The highest BCUT2D eigenvalue weighted by atomic mass is 15.2. The third-order valence-electron chi connectivity index (χ3n) is 2.56. The molecule has 1 heterocycles. The Morgan fingerprint density at radius 1 is 1.50 bits per heavy atom. The second-order valence-electron chi connectivity index (χ2n) is 3.23. The van der Waals surface area contributed by atoms with Crippen molar-refractivity contribution in [3.05, 3.63) is 0 Å². The lowest BCUT2D eigenvalue weighted by molar-refractivity contribution is 0.137. The van der Waals surface area contributed by atoms with Gasteiger partial charge in [0.2, 0.25) is 0 Å². The predicted molar refractivity (Wildman–Crippen MR) is 44.2 cm³/mol. The van der Waals surface area contributed by atoms with Gasteiger partial charge in [-0.3, -0.25) is 4.90 Å². The molecular formula is C8H18N2. The Hall–Kier alpha value is -0.0800. The summed E-state index contributed by atoms with van der Waals surface area (Å²) >= 11 is 0. The number of hydrogen-bond acceptors (Lipinski definition) is 2. The molecule has 0 aromatic heterocycles. The third kappa shape index (κ3) is 1.50. The van der Waals surface area contributed by atoms with Crippen LogP contribution in [0.2, 0.25) is 0 Å². The molecule has 0 amide bonds. The number of nitrogens with one attached hydrogen (secondary N) is 1. The first-order valence-electron chi connectivity index (χ1n) is 4.18. The Kier molecular flexibility index (Phi) is 2.69. The van der Waals surface area contributed by atoms with Gasteiger partial charge in [-0.2, -0.15) is 0 Å². The molecule has 1 unspecified atom stereocenters. The molecule has 60 valence electrons. The maximum atomic E-state index is 3.42. The van der Waals surface area contributed by atoms with Crippen molar-refractivity contribution in [2.24, 2.45) is 0 Å². The van der Waals surface area contributed by atoms with Crippen molar-refractivity contribution in [3.63, 3.8) is 0 Å². The van der Waals surface area contributed by atoms with Crippen LogP contribution >= 0.6 is 0 Å². The van der Waals surface area contributed by atoms with Crippen LogP contribution in [0.1, 0.15) is 20.3 Å². The smallest absolute Gasteiger partial charge is 0.0218 e. The quantitative estimate of drug-likeness (QED) is 0.579. The average molecular weight is 142 g/mol. The maximum absolute atomic E-state index is 3.42. The normalized spacial score (nSPS) is 36.3. The van der Waals surface area contributed by atoms with Crippen LogP contribution in [-0.4, -0.2) is 37.1 Å². The molecule has 0 spiro atoms. The molecule has 0 radical (unpaired) electrons. The lowest BCUT2D eigenvalue weighted by Gasteiger charge is -2.37. The van der Waals surface area contributed by atoms with E-state index in [9.17, 15) is 0 Å². The van der Waals surface area contributed by atoms with E-state index in [4.69, 9.17) is 0 Å². The molecule has 0 bridgehead atoms. The van der Waals surface area contributed by atoms with Gasteiger partial charge in [-0.05, 0) is 20.4 Å². The average Bonchev–Trinajstić information content (AvgIpc) is 1.95. The van der Waals surface area contributed by atoms with Crippen molar-refractivity contribution in [1.29, 1.82) is 0 Å². The Morgan fingerprint density at radius 2 is 2.20 bits per heavy atom. The fourth-order valence-electron chi connectivity index (χ4n) is 1.54. The zero-order chi connectivity index (χ0) is 7.56. The zero-order valence-electron chi connectivity index (χ0n) is 7.22. The molecule has 0 aromatic rings. The van der Waals surface area contributed by atoms with Crippen molar-refractivity contribution in [3.8, 4) is 0 Å². The van der Waals surface area contributed by atoms with Crippen molar-refractivity contribution in [1.82, 2.24) is 10.2 Å². The van der Waals surface area contributed by atoms with Gasteiger partial charge >= 0.3 is 0 Å². The van der Waals surface area contributed by atoms with Crippen molar-refractivity contribution in [2.45, 2.75) is 32.4 Å². The van der Waals surface area contributed by atoms with Gasteiger partial charge in [-0.15, -0.1) is 0 Å². The van der Waals surface area contributed by atoms with Crippen molar-refractivity contribution >= 4 is 0 Å². The molecule has 10 heavy (non-hydrogen) atoms. The maximum Gasteiger partial charge on any atom is 0.0218 e. The van der Waals surface area contributed by atoms with Crippen LogP contribution in [0.3, 0.4) is 0 Å². The first-order chi connectivity index (χ1) is 4.75. The van der Waals surface area contributed by atoms with Gasteiger partial charge in [0.1, 0.15) is 0 Å². The number of rotatable bonds is 1. The molecule has 0 aromatic carbocycles. The van der Waals surface area contributed by atoms with E-state index in [1.165, 1.54) is 6.42 Å². The van der Waals surface area contributed by atoms with Gasteiger partial charge in [0.15, 0.2) is 0 Å². The minimum absolute atomic E-state index is 0.707. The minimum atomic E-state index is 0.707. The lowest BCUT2D eigenvalue weighted by Crippen LogP contribution is -2.53. The van der Waals surface area contributed by atoms with Crippen molar-refractivity contribution < 1.29 is 0 Å². The fraction of sp³-hybridized carbons (Fsp3) is 1.00. The van der Waals surface area contributed by atoms with E-state index in [2.05, 4.69) is 31.1 Å². The van der Waals surface area contributed by atoms with E-state index in [0.29, 0.717) is 6.04 Å². The molecular weight excluding hydrogens is 124 g/mol. The summed E-state index contributed by atoms with van der Waals surface area (Å²) in [5.74, 6) is 0. The van der Waals surface area contributed by atoms with Crippen molar-refractivity contribution in [2.75, 3.05) is 20.1 Å². The summed E-state index contributed by atoms with van der Waals surface area (Å²) in [6.07, 6.45) is 1.26. The predicted octanol–water partition coefficient (Wildman–Crippen LogP) is 0.688. The summed E-state index contributed by atoms with van der Waals surface area (Å²) in [7, 11) is 2.22. The highest BCUT2D eigenvalue weighted by Gasteiger charge is 2.21. The molecule has 1 rings (SSSR count). The fourth-order valence-corrected chi connectivity index (χ4v) is 1.54. The molecule has 0 saturated carbocycles. The SMILES string of the molecule is CCC1CNC[C@@H](C)N1C. The number of piperazine rings is 1. The molecule has 1 aliphatic heterocycles. The molecule has 1 saturated heterocycles. The molecule has 0 aliphatic carbocycles. The summed E-state index contributed by atoms with van der Waals surface area (Å²) < 4.78 is 0. The topological polar surface area (TPSA) is 15.3 Å². The third-order valence-corrected chi connectivity index (χ3v) is 2.56. The van der Waals surface area contributed by atoms with Gasteiger partial charge in [0.05, 0.1) is 0 Å². The minimum Gasteiger partial charge on any atom is -0.314 e. The van der Waals surface area contributed by atoms with E-state index in [0.717, 1.165) is 19.1 Å². The molecule has 2 atom stereocenters. The number of nitrogens with zero attached hydrogens (tertiary/aromatic N) is 1. The Balaban J connectivity index is 2.42. The summed E-state index contributed by atoms with van der Waals surface area (Å²) in [6.45, 7) is 6.83. The monoisotopic (exact) mass is 142 g/mol. The van der Waals surface area contributed by atoms with Crippen LogP contribution in [-0.2, 0) is 0 Å². The highest BCUT2D eigenvalue weighted by Crippen LogP contribution is 2.08. The summed E-state index contributed by atoms with van der Waals surface area (Å²) in [6, 6.07) is 1.46. The van der Waals surface area contributed by atoms with Gasteiger partial charge in [0, 0.05) is 25.2 Å². The molecule has 2 nitrogen and oxygen atoms in total. The number of likely N-dealkylation sites (N-methyl/N-ethyl adjacent to an activating group) is 1. The van der Waals surface area contributed by atoms with Gasteiger partial charge in [0.25, 0.3) is 0 Å². The van der Waals surface area contributed by atoms with Gasteiger partial charge in [-0.1, -0.05) is 6.92 Å². The van der Waals surface area contributed by atoms with Crippen LogP contribution in [0.5, 0.6) is 0 Å². The molecule has 1 aliphatic rings. The van der Waals surface area contributed by atoms with Gasteiger partial charge in [-0.25, -0.2) is 0 Å². The Morgan fingerprint density at radius 3 is 2.70 bits per heavy atom. The molecule has 1 N–H and O–H groups in total. The van der Waals surface area contributed by atoms with E-state index in [1.807, 2.05) is 0 Å². The van der Waals surface area contributed by atoms with Crippen LogP contribution in [0.15, 0.2) is 0 Å². The van der Waals surface area contributed by atoms with Crippen LogP contribution in [0.4, 0.5) is 0 Å². The Bertz CT molecular complexity index is 103. The van der Waals surface area contributed by atoms with E-state index < -0.39 is 0 Å². The summed E-state index contributed by atoms with van der Waals surface area (Å²) in [5.41, 5.74) is 0.